The van der Waals surface area contributed by atoms with Crippen molar-refractivity contribution in [1.82, 2.24) is 0 Å². The monoisotopic (exact) mass is 256 g/mol. The molecule has 0 aliphatic rings. The van der Waals surface area contributed by atoms with Gasteiger partial charge in [-0.3, -0.25) is 0 Å². The molecule has 0 spiro atoms. The van der Waals surface area contributed by atoms with E-state index in [0.717, 1.165) is 10.9 Å². The lowest BCUT2D eigenvalue weighted by Crippen LogP contribution is -2.35. The summed E-state index contributed by atoms with van der Waals surface area (Å²) in [6.07, 6.45) is 4.69. The van der Waals surface area contributed by atoms with E-state index in [9.17, 15) is 0 Å². The maximum Gasteiger partial charge on any atom is 0.0780 e. The Morgan fingerprint density at radius 2 is 1.00 bits per heavy atom. The quantitative estimate of drug-likeness (QED) is 0.520. The number of quaternary nitrogens is 1. The van der Waals surface area contributed by atoms with Gasteiger partial charge in [0.1, 0.15) is 0 Å². The van der Waals surface area contributed by atoms with Crippen LogP contribution in [0.1, 0.15) is 70.2 Å². The second-order valence-corrected chi connectivity index (χ2v) is 4.15. The fourth-order valence-corrected chi connectivity index (χ4v) is 1.05. The number of nitrogens with zero attached hydrogens (tertiary/aromatic N) is 1. The second-order valence-electron chi connectivity index (χ2n) is 4.15. The van der Waals surface area contributed by atoms with Gasteiger partial charge in [0.05, 0.1) is 27.7 Å². The molecule has 0 amide bonds. The van der Waals surface area contributed by atoms with Crippen molar-refractivity contribution in [3.05, 3.63) is 0 Å². The number of aliphatic hydroxyl groups excluding tert-OH is 1. The molecule has 0 unspecified atom stereocenters. The summed E-state index contributed by atoms with van der Waals surface area (Å²) in [6, 6.07) is 0. The van der Waals surface area contributed by atoms with Crippen LogP contribution in [0.25, 0.3) is 0 Å². The maximum atomic E-state index is 8.52. The van der Waals surface area contributed by atoms with E-state index in [0.29, 0.717) is 6.61 Å². The van der Waals surface area contributed by atoms with Crippen LogP contribution in [0.4, 0.5) is 0 Å². The zero-order chi connectivity index (χ0) is 8.74. The lowest BCUT2D eigenvalue weighted by Gasteiger charge is -2.23. The summed E-state index contributed by atoms with van der Waals surface area (Å²) in [5.41, 5.74) is 0. The van der Waals surface area contributed by atoms with Gasteiger partial charge < -0.3 is 9.59 Å². The highest BCUT2D eigenvalue weighted by Gasteiger charge is 2.04. The molecule has 0 atom stereocenters. The first-order valence-corrected chi connectivity index (χ1v) is 4.47. The first-order valence-electron chi connectivity index (χ1n) is 4.47. The van der Waals surface area contributed by atoms with Crippen molar-refractivity contribution in [1.29, 1.82) is 0 Å². The Kier molecular flexibility index (Phi) is 63.9. The normalized spacial score (nSPS) is 7.76. The van der Waals surface area contributed by atoms with Crippen LogP contribution in [0.2, 0.25) is 0 Å². The van der Waals surface area contributed by atoms with Crippen LogP contribution in [-0.4, -0.2) is 43.9 Å². The van der Waals surface area contributed by atoms with E-state index in [2.05, 4.69) is 21.1 Å². The first kappa shape index (κ1) is 43.6. The standard InChI is InChI=1S/C9H22NO.6CH4/c1-10(2,3)8-6-4-5-7-9-11;;;;;;/h11H,4-9H2,1-3H3;6*1H4/q+1;;;;;;. The Labute approximate surface area is 115 Å². The van der Waals surface area contributed by atoms with Crippen LogP contribution in [0.15, 0.2) is 0 Å². The fourth-order valence-electron chi connectivity index (χ4n) is 1.05. The van der Waals surface area contributed by atoms with Gasteiger partial charge in [0, 0.05) is 6.61 Å². The topological polar surface area (TPSA) is 20.2 Å². The van der Waals surface area contributed by atoms with Gasteiger partial charge >= 0.3 is 0 Å². The molecule has 0 fully saturated rings. The van der Waals surface area contributed by atoms with Crippen LogP contribution in [0.3, 0.4) is 0 Å². The molecule has 2 nitrogen and oxygen atoms in total. The van der Waals surface area contributed by atoms with E-state index in [1.54, 1.807) is 0 Å². The molecule has 116 valence electrons. The summed E-state index contributed by atoms with van der Waals surface area (Å²) in [5.74, 6) is 0. The first-order chi connectivity index (χ1) is 5.06. The van der Waals surface area contributed by atoms with Gasteiger partial charge in [0.25, 0.3) is 0 Å². The average molecular weight is 257 g/mol. The minimum atomic E-state index is 0. The molecule has 0 aromatic heterocycles. The predicted molar refractivity (Wildman–Crippen MR) is 88.8 cm³/mol. The van der Waals surface area contributed by atoms with Crippen molar-refractivity contribution >= 4 is 0 Å². The number of unbranched alkanes of at least 4 members (excludes halogenated alkanes) is 3. The molecule has 0 aromatic carbocycles. The van der Waals surface area contributed by atoms with Crippen molar-refractivity contribution in [3.63, 3.8) is 0 Å². The van der Waals surface area contributed by atoms with Gasteiger partial charge in [-0.05, 0) is 19.3 Å². The molecule has 0 saturated carbocycles. The molecule has 0 radical (unpaired) electrons. The molecule has 0 rings (SSSR count). The lowest BCUT2D eigenvalue weighted by molar-refractivity contribution is -0.870. The lowest BCUT2D eigenvalue weighted by atomic mass is 10.2. The van der Waals surface area contributed by atoms with Gasteiger partial charge in [-0.15, -0.1) is 0 Å². The highest BCUT2D eigenvalue weighted by molar-refractivity contribution is 4.40. The van der Waals surface area contributed by atoms with Crippen LogP contribution in [0, 0.1) is 0 Å². The van der Waals surface area contributed by atoms with Crippen molar-refractivity contribution in [3.8, 4) is 0 Å². The minimum absolute atomic E-state index is 0. The fraction of sp³-hybridized carbons (Fsp3) is 1.00. The van der Waals surface area contributed by atoms with E-state index in [-0.39, 0.29) is 44.6 Å². The number of hydrogen-bond donors (Lipinski definition) is 1. The Morgan fingerprint density at radius 1 is 0.647 bits per heavy atom. The molecule has 0 bridgehead atoms. The molecule has 0 aliphatic carbocycles. The predicted octanol–water partition coefficient (Wildman–Crippen LogP) is 5.06. The van der Waals surface area contributed by atoms with Crippen molar-refractivity contribution in [2.75, 3.05) is 34.3 Å². The minimum Gasteiger partial charge on any atom is -0.396 e. The Balaban J connectivity index is -0.0000000333. The third kappa shape index (κ3) is 49.2. The summed E-state index contributed by atoms with van der Waals surface area (Å²) < 4.78 is 1.05. The largest absolute Gasteiger partial charge is 0.396 e. The Morgan fingerprint density at radius 3 is 1.29 bits per heavy atom. The maximum absolute atomic E-state index is 8.52. The highest BCUT2D eigenvalue weighted by atomic mass is 16.2. The van der Waals surface area contributed by atoms with Crippen LogP contribution < -0.4 is 0 Å². The summed E-state index contributed by atoms with van der Waals surface area (Å²) in [7, 11) is 6.64. The zero-order valence-corrected chi connectivity index (χ0v) is 8.14. The summed E-state index contributed by atoms with van der Waals surface area (Å²) in [5, 5.41) is 8.52. The van der Waals surface area contributed by atoms with Crippen LogP contribution in [0.5, 0.6) is 0 Å². The SMILES string of the molecule is C.C.C.C.C.C.C[N+](C)(C)CCCCCCO. The number of aliphatic hydroxyl groups is 1. The Hall–Kier alpha value is -0.0800. The smallest absolute Gasteiger partial charge is 0.0780 e. The molecule has 0 aliphatic heterocycles. The second kappa shape index (κ2) is 24.9. The molecule has 2 heteroatoms. The third-order valence-corrected chi connectivity index (χ3v) is 1.74. The van der Waals surface area contributed by atoms with E-state index in [4.69, 9.17) is 5.11 Å². The molecule has 17 heavy (non-hydrogen) atoms. The van der Waals surface area contributed by atoms with Crippen LogP contribution >= 0.6 is 0 Å². The molecular weight excluding hydrogens is 210 g/mol. The summed E-state index contributed by atoms with van der Waals surface area (Å²) in [6.45, 7) is 1.59. The van der Waals surface area contributed by atoms with Crippen molar-refractivity contribution in [2.24, 2.45) is 0 Å². The third-order valence-electron chi connectivity index (χ3n) is 1.74. The van der Waals surface area contributed by atoms with Gasteiger partial charge in [-0.25, -0.2) is 0 Å². The highest BCUT2D eigenvalue weighted by Crippen LogP contribution is 2.02. The van der Waals surface area contributed by atoms with Crippen molar-refractivity contribution in [2.45, 2.75) is 70.2 Å². The van der Waals surface area contributed by atoms with Crippen molar-refractivity contribution < 1.29 is 9.59 Å². The molecule has 0 aromatic rings. The average Bonchev–Trinajstić information content (AvgIpc) is 1.85. The van der Waals surface area contributed by atoms with Gasteiger partial charge in [-0.2, -0.15) is 0 Å². The molecule has 0 heterocycles. The number of hydrogen-bond acceptors (Lipinski definition) is 1. The van der Waals surface area contributed by atoms with Crippen LogP contribution in [-0.2, 0) is 0 Å². The van der Waals surface area contributed by atoms with Gasteiger partial charge in [-0.1, -0.05) is 51.0 Å². The molecule has 0 saturated heterocycles. The van der Waals surface area contributed by atoms with Gasteiger partial charge in [0.2, 0.25) is 0 Å². The summed E-state index contributed by atoms with van der Waals surface area (Å²) in [4.78, 5) is 0. The van der Waals surface area contributed by atoms with E-state index >= 15 is 0 Å². The number of rotatable bonds is 6. The molecular formula is C15H46NO+. The van der Waals surface area contributed by atoms with Gasteiger partial charge in [0.15, 0.2) is 0 Å². The van der Waals surface area contributed by atoms with E-state index < -0.39 is 0 Å². The van der Waals surface area contributed by atoms with E-state index in [1.807, 2.05) is 0 Å². The zero-order valence-electron chi connectivity index (χ0n) is 8.14. The molecule has 1 N–H and O–H groups in total. The Bertz CT molecular complexity index is 87.4. The summed E-state index contributed by atoms with van der Waals surface area (Å²) >= 11 is 0. The van der Waals surface area contributed by atoms with E-state index in [1.165, 1.54) is 25.8 Å².